The molecule has 0 fully saturated rings. The van der Waals surface area contributed by atoms with Crippen LogP contribution in [0.3, 0.4) is 0 Å². The van der Waals surface area contributed by atoms with Crippen LogP contribution in [0.15, 0.2) is 53.0 Å². The maximum Gasteiger partial charge on any atom is 0.282 e. The molecule has 0 radical (unpaired) electrons. The predicted molar refractivity (Wildman–Crippen MR) is 116 cm³/mol. The van der Waals surface area contributed by atoms with E-state index in [1.807, 2.05) is 47.8 Å². The molecule has 3 heterocycles. The van der Waals surface area contributed by atoms with Gasteiger partial charge in [0.25, 0.3) is 5.91 Å². The SMILES string of the molecule is CCn1c(SCc2nnc(C(=O)NCc3ccccc3)s2)nnc1-c1cccs1. The first-order chi connectivity index (χ1) is 14.2. The van der Waals surface area contributed by atoms with Crippen molar-refractivity contribution in [1.82, 2.24) is 30.3 Å². The summed E-state index contributed by atoms with van der Waals surface area (Å²) >= 11 is 4.50. The molecule has 0 spiro atoms. The van der Waals surface area contributed by atoms with E-state index in [0.29, 0.717) is 17.3 Å². The second kappa shape index (κ2) is 9.29. The lowest BCUT2D eigenvalue weighted by molar-refractivity contribution is 0.0950. The number of nitrogens with one attached hydrogen (secondary N) is 1. The zero-order valence-corrected chi connectivity index (χ0v) is 18.1. The van der Waals surface area contributed by atoms with E-state index < -0.39 is 0 Å². The van der Waals surface area contributed by atoms with Gasteiger partial charge in [0.15, 0.2) is 11.0 Å². The van der Waals surface area contributed by atoms with E-state index in [1.54, 1.807) is 23.1 Å². The monoisotopic (exact) mass is 442 g/mol. The van der Waals surface area contributed by atoms with Gasteiger partial charge in [-0.1, -0.05) is 59.5 Å². The summed E-state index contributed by atoms with van der Waals surface area (Å²) in [6.07, 6.45) is 0. The van der Waals surface area contributed by atoms with Crippen LogP contribution in [-0.4, -0.2) is 30.9 Å². The van der Waals surface area contributed by atoms with Crippen LogP contribution in [0.2, 0.25) is 0 Å². The molecule has 1 aromatic carbocycles. The third-order valence-corrected chi connectivity index (χ3v) is 7.00. The van der Waals surface area contributed by atoms with Gasteiger partial charge in [-0.05, 0) is 23.9 Å². The Kier molecular flexibility index (Phi) is 6.33. The van der Waals surface area contributed by atoms with Gasteiger partial charge in [0, 0.05) is 13.1 Å². The number of hydrogen-bond donors (Lipinski definition) is 1. The topological polar surface area (TPSA) is 85.6 Å². The fourth-order valence-corrected chi connectivity index (χ4v) is 5.11. The molecule has 7 nitrogen and oxygen atoms in total. The molecule has 0 bridgehead atoms. The van der Waals surface area contributed by atoms with Crippen molar-refractivity contribution < 1.29 is 4.79 Å². The highest BCUT2D eigenvalue weighted by Gasteiger charge is 2.16. The number of aromatic nitrogens is 5. The van der Waals surface area contributed by atoms with E-state index in [9.17, 15) is 4.79 Å². The van der Waals surface area contributed by atoms with Crippen LogP contribution < -0.4 is 5.32 Å². The fourth-order valence-electron chi connectivity index (χ4n) is 2.65. The highest BCUT2D eigenvalue weighted by atomic mass is 32.2. The standard InChI is InChI=1S/C19H18N6OS3/c1-2-25-16(14-9-6-10-27-14)22-24-19(25)28-12-15-21-23-18(29-15)17(26)20-11-13-7-4-3-5-8-13/h3-10H,2,11-12H2,1H3,(H,20,26). The predicted octanol–water partition coefficient (Wildman–Crippen LogP) is 4.10. The Morgan fingerprint density at radius 3 is 2.72 bits per heavy atom. The zero-order chi connectivity index (χ0) is 20.1. The Morgan fingerprint density at radius 2 is 1.97 bits per heavy atom. The lowest BCUT2D eigenvalue weighted by atomic mass is 10.2. The van der Waals surface area contributed by atoms with Crippen molar-refractivity contribution in [2.45, 2.75) is 30.9 Å². The van der Waals surface area contributed by atoms with Crippen LogP contribution in [0.4, 0.5) is 0 Å². The minimum Gasteiger partial charge on any atom is -0.346 e. The highest BCUT2D eigenvalue weighted by Crippen LogP contribution is 2.29. The van der Waals surface area contributed by atoms with Gasteiger partial charge in [-0.15, -0.1) is 31.7 Å². The maximum atomic E-state index is 12.3. The molecule has 0 saturated heterocycles. The summed E-state index contributed by atoms with van der Waals surface area (Å²) in [5.74, 6) is 1.26. The van der Waals surface area contributed by atoms with Crippen LogP contribution in [0.5, 0.6) is 0 Å². The van der Waals surface area contributed by atoms with Gasteiger partial charge in [-0.25, -0.2) is 0 Å². The fraction of sp³-hybridized carbons (Fsp3) is 0.211. The van der Waals surface area contributed by atoms with E-state index in [-0.39, 0.29) is 5.91 Å². The van der Waals surface area contributed by atoms with Gasteiger partial charge in [-0.2, -0.15) is 0 Å². The van der Waals surface area contributed by atoms with Gasteiger partial charge >= 0.3 is 0 Å². The summed E-state index contributed by atoms with van der Waals surface area (Å²) in [6.45, 7) is 3.32. The Labute approximate surface area is 180 Å². The van der Waals surface area contributed by atoms with E-state index in [2.05, 4.69) is 37.2 Å². The number of rotatable bonds is 8. The second-order valence-corrected chi connectivity index (χ2v) is 8.94. The summed E-state index contributed by atoms with van der Waals surface area (Å²) in [6, 6.07) is 13.8. The highest BCUT2D eigenvalue weighted by molar-refractivity contribution is 7.98. The number of amides is 1. The molecule has 0 atom stereocenters. The molecule has 1 N–H and O–H groups in total. The van der Waals surface area contributed by atoms with Gasteiger partial charge < -0.3 is 9.88 Å². The van der Waals surface area contributed by atoms with E-state index in [0.717, 1.165) is 33.0 Å². The summed E-state index contributed by atoms with van der Waals surface area (Å²) in [5.41, 5.74) is 1.04. The van der Waals surface area contributed by atoms with E-state index >= 15 is 0 Å². The van der Waals surface area contributed by atoms with Crippen LogP contribution >= 0.6 is 34.4 Å². The van der Waals surface area contributed by atoms with Gasteiger partial charge in [0.1, 0.15) is 5.01 Å². The number of benzene rings is 1. The molecular formula is C19H18N6OS3. The molecule has 0 unspecified atom stereocenters. The van der Waals surface area contributed by atoms with Crippen molar-refractivity contribution in [3.05, 3.63) is 63.4 Å². The molecule has 4 rings (SSSR count). The third kappa shape index (κ3) is 4.72. The Hall–Kier alpha value is -2.56. The van der Waals surface area contributed by atoms with Crippen molar-refractivity contribution in [3.8, 4) is 10.7 Å². The lowest BCUT2D eigenvalue weighted by Gasteiger charge is -2.04. The van der Waals surface area contributed by atoms with Gasteiger partial charge in [0.05, 0.1) is 10.6 Å². The van der Waals surface area contributed by atoms with Crippen molar-refractivity contribution in [2.75, 3.05) is 0 Å². The van der Waals surface area contributed by atoms with E-state index in [1.165, 1.54) is 11.3 Å². The maximum absolute atomic E-state index is 12.3. The molecule has 29 heavy (non-hydrogen) atoms. The number of carbonyl (C=O) groups is 1. The van der Waals surface area contributed by atoms with Crippen LogP contribution in [0, 0.1) is 0 Å². The average Bonchev–Trinajstić information content (AvgIpc) is 3.51. The summed E-state index contributed by atoms with van der Waals surface area (Å²) in [4.78, 5) is 13.4. The molecule has 148 valence electrons. The molecular weight excluding hydrogens is 424 g/mol. The quantitative estimate of drug-likeness (QED) is 0.414. The van der Waals surface area contributed by atoms with Crippen LogP contribution in [-0.2, 0) is 18.8 Å². The molecule has 0 saturated carbocycles. The molecule has 4 aromatic rings. The number of thiophene rings is 1. The Balaban J connectivity index is 1.37. The Bertz CT molecular complexity index is 1070. The van der Waals surface area contributed by atoms with Crippen LogP contribution in [0.25, 0.3) is 10.7 Å². The Morgan fingerprint density at radius 1 is 1.10 bits per heavy atom. The van der Waals surface area contributed by atoms with E-state index in [4.69, 9.17) is 0 Å². The first kappa shape index (κ1) is 19.7. The summed E-state index contributed by atoms with van der Waals surface area (Å²) < 4.78 is 2.09. The summed E-state index contributed by atoms with van der Waals surface area (Å²) in [5, 5.41) is 23.7. The molecule has 0 aliphatic heterocycles. The number of carbonyl (C=O) groups excluding carboxylic acids is 1. The molecule has 1 amide bonds. The minimum absolute atomic E-state index is 0.209. The number of hydrogen-bond acceptors (Lipinski definition) is 8. The first-order valence-electron chi connectivity index (χ1n) is 8.99. The van der Waals surface area contributed by atoms with Crippen molar-refractivity contribution >= 4 is 40.3 Å². The van der Waals surface area contributed by atoms with Gasteiger partial charge in [0.2, 0.25) is 5.01 Å². The molecule has 0 aliphatic carbocycles. The molecule has 3 aromatic heterocycles. The normalized spacial score (nSPS) is 10.9. The van der Waals surface area contributed by atoms with Crippen molar-refractivity contribution in [1.29, 1.82) is 0 Å². The van der Waals surface area contributed by atoms with Crippen LogP contribution in [0.1, 0.15) is 27.3 Å². The lowest BCUT2D eigenvalue weighted by Crippen LogP contribution is -2.22. The summed E-state index contributed by atoms with van der Waals surface area (Å²) in [7, 11) is 0. The number of nitrogens with zero attached hydrogens (tertiary/aromatic N) is 5. The minimum atomic E-state index is -0.209. The molecule has 10 heteroatoms. The first-order valence-corrected chi connectivity index (χ1v) is 11.7. The van der Waals surface area contributed by atoms with Crippen molar-refractivity contribution in [2.24, 2.45) is 0 Å². The van der Waals surface area contributed by atoms with Gasteiger partial charge in [-0.3, -0.25) is 4.79 Å². The number of thioether (sulfide) groups is 1. The average molecular weight is 443 g/mol. The van der Waals surface area contributed by atoms with Crippen molar-refractivity contribution in [3.63, 3.8) is 0 Å². The smallest absolute Gasteiger partial charge is 0.282 e. The molecule has 0 aliphatic rings. The second-order valence-electron chi connectivity index (χ2n) is 5.99. The third-order valence-electron chi connectivity index (χ3n) is 4.06. The zero-order valence-electron chi connectivity index (χ0n) is 15.6. The largest absolute Gasteiger partial charge is 0.346 e.